The monoisotopic (exact) mass is 134 g/mol. The van der Waals surface area contributed by atoms with E-state index in [1.807, 2.05) is 6.92 Å². The summed E-state index contributed by atoms with van der Waals surface area (Å²) in [5.41, 5.74) is 0. The van der Waals surface area contributed by atoms with Gasteiger partial charge in [0.25, 0.3) is 0 Å². The second-order valence-electron chi connectivity index (χ2n) is 1.89. The van der Waals surface area contributed by atoms with Crippen LogP contribution in [0.25, 0.3) is 0 Å². The number of aliphatic hydroxyl groups is 2. The van der Waals surface area contributed by atoms with Crippen LogP contribution in [-0.4, -0.2) is 29.7 Å². The number of ether oxygens (including phenoxy) is 1. The van der Waals surface area contributed by atoms with Gasteiger partial charge in [0, 0.05) is 0 Å². The fourth-order valence-corrected chi connectivity index (χ4v) is 0.488. The van der Waals surface area contributed by atoms with Gasteiger partial charge in [0.05, 0.1) is 12.7 Å². The smallest absolute Gasteiger partial charge is 0.143 e. The van der Waals surface area contributed by atoms with Gasteiger partial charge in [0.2, 0.25) is 0 Å². The molecule has 0 spiro atoms. The Morgan fingerprint density at radius 2 is 2.22 bits per heavy atom. The zero-order valence-electron chi connectivity index (χ0n) is 5.71. The molecule has 0 aromatic carbocycles. The topological polar surface area (TPSA) is 49.7 Å². The molecule has 56 valence electrons. The van der Waals surface area contributed by atoms with E-state index in [4.69, 9.17) is 10.2 Å². The van der Waals surface area contributed by atoms with E-state index in [9.17, 15) is 0 Å². The van der Waals surface area contributed by atoms with Crippen molar-refractivity contribution in [3.8, 4) is 0 Å². The van der Waals surface area contributed by atoms with Gasteiger partial charge in [-0.2, -0.15) is 0 Å². The summed E-state index contributed by atoms with van der Waals surface area (Å²) < 4.78 is 4.60. The van der Waals surface area contributed by atoms with Crippen LogP contribution in [0.3, 0.4) is 0 Å². The van der Waals surface area contributed by atoms with E-state index >= 15 is 0 Å². The summed E-state index contributed by atoms with van der Waals surface area (Å²) in [6, 6.07) is 0. The van der Waals surface area contributed by atoms with Crippen LogP contribution in [0.2, 0.25) is 0 Å². The highest BCUT2D eigenvalue weighted by atomic mass is 16.6. The van der Waals surface area contributed by atoms with Crippen LogP contribution in [-0.2, 0) is 4.74 Å². The molecule has 0 saturated carbocycles. The molecule has 9 heavy (non-hydrogen) atoms. The second kappa shape index (κ2) is 6.01. The summed E-state index contributed by atoms with van der Waals surface area (Å²) in [6.07, 6.45) is 1.07. The Labute approximate surface area is 55.3 Å². The highest BCUT2D eigenvalue weighted by Crippen LogP contribution is 1.95. The summed E-state index contributed by atoms with van der Waals surface area (Å²) in [6.45, 7) is 2.09. The van der Waals surface area contributed by atoms with Gasteiger partial charge in [-0.15, -0.1) is 0 Å². The lowest BCUT2D eigenvalue weighted by atomic mass is 10.2. The predicted molar refractivity (Wildman–Crippen MR) is 34.0 cm³/mol. The first-order valence-electron chi connectivity index (χ1n) is 3.18. The van der Waals surface area contributed by atoms with Gasteiger partial charge in [-0.25, -0.2) is 0 Å². The molecule has 0 saturated heterocycles. The average molecular weight is 134 g/mol. The number of rotatable bonds is 5. The Bertz CT molecular complexity index is 56.3. The maximum absolute atomic E-state index is 8.92. The molecule has 0 rings (SSSR count). The van der Waals surface area contributed by atoms with E-state index in [-0.39, 0.29) is 12.9 Å². The Morgan fingerprint density at radius 1 is 1.56 bits per heavy atom. The van der Waals surface area contributed by atoms with E-state index in [0.29, 0.717) is 13.0 Å². The molecular formula is C6H14O3. The molecule has 0 aliphatic heterocycles. The second-order valence-corrected chi connectivity index (χ2v) is 1.89. The fraction of sp³-hybridized carbons (Fsp3) is 1.00. The van der Waals surface area contributed by atoms with Crippen molar-refractivity contribution in [3.05, 3.63) is 0 Å². The normalized spacial score (nSPS) is 13.7. The molecule has 0 aromatic rings. The zero-order chi connectivity index (χ0) is 7.11. The molecule has 0 heterocycles. The van der Waals surface area contributed by atoms with Crippen LogP contribution >= 0.6 is 0 Å². The summed E-state index contributed by atoms with van der Waals surface area (Å²) in [4.78, 5) is 0. The summed E-state index contributed by atoms with van der Waals surface area (Å²) in [5.74, 6) is 0. The van der Waals surface area contributed by atoms with Crippen molar-refractivity contribution in [3.63, 3.8) is 0 Å². The summed E-state index contributed by atoms with van der Waals surface area (Å²) >= 11 is 0. The summed E-state index contributed by atoms with van der Waals surface area (Å²) in [7, 11) is 0. The molecule has 0 aromatic heterocycles. The Hall–Kier alpha value is -0.120. The predicted octanol–water partition coefficient (Wildman–Crippen LogP) is 0.114. The van der Waals surface area contributed by atoms with Gasteiger partial charge in [0.15, 0.2) is 0 Å². The van der Waals surface area contributed by atoms with Crippen LogP contribution in [0, 0.1) is 0 Å². The maximum atomic E-state index is 8.92. The standard InChI is InChI=1S/C6H14O3/c1-2-6(8)3-4-9-5-7/h6-8H,2-5H2,1H3. The van der Waals surface area contributed by atoms with Crippen molar-refractivity contribution in [2.45, 2.75) is 25.9 Å². The van der Waals surface area contributed by atoms with Gasteiger partial charge in [-0.3, -0.25) is 0 Å². The van der Waals surface area contributed by atoms with E-state index in [0.717, 1.165) is 6.42 Å². The van der Waals surface area contributed by atoms with E-state index in [1.54, 1.807) is 0 Å². The van der Waals surface area contributed by atoms with Gasteiger partial charge in [0.1, 0.15) is 6.79 Å². The number of hydrogen-bond donors (Lipinski definition) is 2. The van der Waals surface area contributed by atoms with Crippen molar-refractivity contribution >= 4 is 0 Å². The van der Waals surface area contributed by atoms with E-state index < -0.39 is 0 Å². The highest BCUT2D eigenvalue weighted by Gasteiger charge is 1.98. The number of hydrogen-bond acceptors (Lipinski definition) is 3. The third-order valence-electron chi connectivity index (χ3n) is 1.16. The van der Waals surface area contributed by atoms with Crippen molar-refractivity contribution in [2.24, 2.45) is 0 Å². The van der Waals surface area contributed by atoms with Gasteiger partial charge >= 0.3 is 0 Å². The summed E-state index contributed by atoms with van der Waals surface area (Å²) in [5, 5.41) is 17.1. The molecule has 0 fully saturated rings. The molecule has 0 bridgehead atoms. The SMILES string of the molecule is CCC(O)CCOCO. The Balaban J connectivity index is 2.88. The van der Waals surface area contributed by atoms with Gasteiger partial charge < -0.3 is 14.9 Å². The molecule has 3 nitrogen and oxygen atoms in total. The van der Waals surface area contributed by atoms with Crippen molar-refractivity contribution in [2.75, 3.05) is 13.4 Å². The minimum Gasteiger partial charge on any atom is -0.393 e. The third kappa shape index (κ3) is 5.76. The van der Waals surface area contributed by atoms with Crippen LogP contribution in [0.1, 0.15) is 19.8 Å². The Morgan fingerprint density at radius 3 is 2.67 bits per heavy atom. The first-order valence-corrected chi connectivity index (χ1v) is 3.18. The van der Waals surface area contributed by atoms with Crippen LogP contribution < -0.4 is 0 Å². The van der Waals surface area contributed by atoms with Gasteiger partial charge in [-0.1, -0.05) is 6.92 Å². The fourth-order valence-electron chi connectivity index (χ4n) is 0.488. The van der Waals surface area contributed by atoms with Gasteiger partial charge in [-0.05, 0) is 12.8 Å². The lowest BCUT2D eigenvalue weighted by Gasteiger charge is -2.05. The largest absolute Gasteiger partial charge is 0.393 e. The van der Waals surface area contributed by atoms with Crippen LogP contribution in [0.15, 0.2) is 0 Å². The zero-order valence-corrected chi connectivity index (χ0v) is 5.71. The lowest BCUT2D eigenvalue weighted by Crippen LogP contribution is -2.08. The maximum Gasteiger partial charge on any atom is 0.143 e. The molecule has 1 unspecified atom stereocenters. The quantitative estimate of drug-likeness (QED) is 0.414. The molecular weight excluding hydrogens is 120 g/mol. The third-order valence-corrected chi connectivity index (χ3v) is 1.16. The lowest BCUT2D eigenvalue weighted by molar-refractivity contribution is -0.0147. The highest BCUT2D eigenvalue weighted by molar-refractivity contribution is 4.49. The average Bonchev–Trinajstić information content (AvgIpc) is 1.89. The molecule has 1 atom stereocenters. The first kappa shape index (κ1) is 8.88. The minimum atomic E-state index is -0.281. The molecule has 0 radical (unpaired) electrons. The van der Waals surface area contributed by atoms with Crippen molar-refractivity contribution < 1.29 is 14.9 Å². The van der Waals surface area contributed by atoms with Crippen LogP contribution in [0.4, 0.5) is 0 Å². The molecule has 0 aliphatic carbocycles. The molecule has 0 aliphatic rings. The van der Waals surface area contributed by atoms with Crippen LogP contribution in [0.5, 0.6) is 0 Å². The molecule has 3 heteroatoms. The molecule has 0 amide bonds. The molecule has 2 N–H and O–H groups in total. The van der Waals surface area contributed by atoms with E-state index in [1.165, 1.54) is 0 Å². The number of aliphatic hydroxyl groups excluding tert-OH is 2. The first-order chi connectivity index (χ1) is 4.31. The van der Waals surface area contributed by atoms with Crippen molar-refractivity contribution in [1.29, 1.82) is 0 Å². The van der Waals surface area contributed by atoms with Crippen molar-refractivity contribution in [1.82, 2.24) is 0 Å². The minimum absolute atomic E-state index is 0.254. The Kier molecular flexibility index (Phi) is 5.93. The van der Waals surface area contributed by atoms with E-state index in [2.05, 4.69) is 4.74 Å².